The molecule has 6 aromatic carbocycles. The fraction of sp³-hybridized carbons (Fsp3) is 0.140. The molecule has 7 aromatic rings. The first-order valence-electron chi connectivity index (χ1n) is 16.2. The predicted octanol–water partition coefficient (Wildman–Crippen LogP) is 11.1. The number of imidazole rings is 1. The van der Waals surface area contributed by atoms with Crippen LogP contribution in [-0.4, -0.2) is 9.55 Å². The van der Waals surface area contributed by atoms with E-state index in [0.717, 1.165) is 33.9 Å². The first-order valence-corrected chi connectivity index (χ1v) is 16.2. The molecular weight excluding hydrogens is 558 g/mol. The molecule has 0 unspecified atom stereocenters. The number of fused-ring (bicyclic) bond motifs is 8. The van der Waals surface area contributed by atoms with E-state index in [9.17, 15) is 0 Å². The lowest BCUT2D eigenvalue weighted by Crippen LogP contribution is -2.18. The maximum Gasteiger partial charge on any atom is 0.124 e. The van der Waals surface area contributed by atoms with Gasteiger partial charge in [0.15, 0.2) is 0 Å². The Labute approximate surface area is 270 Å². The van der Waals surface area contributed by atoms with Crippen molar-refractivity contribution in [1.29, 1.82) is 0 Å². The second-order valence-corrected chi connectivity index (χ2v) is 13.7. The van der Waals surface area contributed by atoms with Gasteiger partial charge in [0.25, 0.3) is 0 Å². The van der Waals surface area contributed by atoms with E-state index in [1.807, 2.05) is 0 Å². The van der Waals surface area contributed by atoms with Crippen LogP contribution < -0.4 is 4.90 Å². The Balaban J connectivity index is 1.22. The van der Waals surface area contributed by atoms with Gasteiger partial charge < -0.3 is 4.90 Å². The number of rotatable bonds is 4. The highest BCUT2D eigenvalue weighted by atomic mass is 15.2. The number of hydrogen-bond donors (Lipinski definition) is 0. The summed E-state index contributed by atoms with van der Waals surface area (Å²) in [4.78, 5) is 7.53. The Morgan fingerprint density at radius 1 is 0.500 bits per heavy atom. The van der Waals surface area contributed by atoms with Crippen LogP contribution in [0.15, 0.2) is 140 Å². The molecule has 0 saturated heterocycles. The van der Waals surface area contributed by atoms with Crippen LogP contribution in [0.1, 0.15) is 50.2 Å². The van der Waals surface area contributed by atoms with Crippen LogP contribution in [0.4, 0.5) is 17.1 Å². The summed E-state index contributed by atoms with van der Waals surface area (Å²) in [6, 6.07) is 50.9. The van der Waals surface area contributed by atoms with E-state index in [-0.39, 0.29) is 10.8 Å². The molecule has 3 heteroatoms. The number of benzene rings is 6. The van der Waals surface area contributed by atoms with E-state index < -0.39 is 0 Å². The maximum absolute atomic E-state index is 5.11. The summed E-state index contributed by atoms with van der Waals surface area (Å²) in [5, 5.41) is 0. The minimum atomic E-state index is -0.241. The van der Waals surface area contributed by atoms with Crippen molar-refractivity contribution in [2.45, 2.75) is 38.5 Å². The Hall–Kier alpha value is -5.41. The molecule has 0 spiro atoms. The first-order chi connectivity index (χ1) is 22.3. The van der Waals surface area contributed by atoms with Crippen molar-refractivity contribution in [3.05, 3.63) is 162 Å². The van der Waals surface area contributed by atoms with Crippen molar-refractivity contribution >= 4 is 28.1 Å². The monoisotopic (exact) mass is 593 g/mol. The minimum Gasteiger partial charge on any atom is -0.310 e. The van der Waals surface area contributed by atoms with Crippen LogP contribution in [0.2, 0.25) is 0 Å². The molecular formula is C43H35N3. The second-order valence-electron chi connectivity index (χ2n) is 13.7. The fourth-order valence-corrected chi connectivity index (χ4v) is 7.88. The highest BCUT2D eigenvalue weighted by molar-refractivity contribution is 5.87. The van der Waals surface area contributed by atoms with E-state index in [1.165, 1.54) is 44.6 Å². The molecule has 9 rings (SSSR count). The normalized spacial score (nSPS) is 14.9. The van der Waals surface area contributed by atoms with Crippen molar-refractivity contribution in [3.8, 4) is 27.9 Å². The number of para-hydroxylation sites is 2. The Morgan fingerprint density at radius 2 is 1.11 bits per heavy atom. The van der Waals surface area contributed by atoms with Crippen molar-refractivity contribution < 1.29 is 0 Å². The average molecular weight is 594 g/mol. The number of anilines is 3. The van der Waals surface area contributed by atoms with E-state index in [1.54, 1.807) is 0 Å². The highest BCUT2D eigenvalue weighted by Crippen LogP contribution is 2.51. The van der Waals surface area contributed by atoms with E-state index in [2.05, 4.69) is 177 Å². The average Bonchev–Trinajstić information content (AvgIpc) is 3.66. The molecule has 0 bridgehead atoms. The van der Waals surface area contributed by atoms with Gasteiger partial charge in [-0.25, -0.2) is 4.98 Å². The Kier molecular flexibility index (Phi) is 5.59. The second kappa shape index (κ2) is 9.55. The molecule has 222 valence electrons. The first kappa shape index (κ1) is 26.9. The summed E-state index contributed by atoms with van der Waals surface area (Å²) in [7, 11) is 0. The lowest BCUT2D eigenvalue weighted by molar-refractivity contribution is 0.621. The molecule has 46 heavy (non-hydrogen) atoms. The SMILES string of the molecule is CC1(C)c2ccccc2-c2ccc(N(c3ccc(-c4ccccc4)cc3)c3ccc4c(c3)C(C)(C)c3nc5ccccc5n3-4)cc21. The summed E-state index contributed by atoms with van der Waals surface area (Å²) in [5.74, 6) is 1.09. The van der Waals surface area contributed by atoms with Gasteiger partial charge in [0.2, 0.25) is 0 Å². The van der Waals surface area contributed by atoms with Crippen molar-refractivity contribution in [3.63, 3.8) is 0 Å². The molecule has 0 atom stereocenters. The highest BCUT2D eigenvalue weighted by Gasteiger charge is 2.40. The largest absolute Gasteiger partial charge is 0.310 e. The standard InChI is InChI=1S/C43H35N3/c1-42(2)35-15-9-8-14-33(35)34-24-22-31(26-36(34)42)45(30-20-18-29(19-21-30)28-12-6-5-7-13-28)32-23-25-39-37(27-32)43(3,4)41-44-38-16-10-11-17-40(38)46(39)41/h5-27H,1-4H3. The van der Waals surface area contributed by atoms with E-state index >= 15 is 0 Å². The smallest absolute Gasteiger partial charge is 0.124 e. The van der Waals surface area contributed by atoms with Gasteiger partial charge in [-0.2, -0.15) is 0 Å². The molecule has 1 aliphatic heterocycles. The number of aromatic nitrogens is 2. The van der Waals surface area contributed by atoms with Crippen LogP contribution in [0.25, 0.3) is 39.0 Å². The number of nitrogens with zero attached hydrogens (tertiary/aromatic N) is 3. The van der Waals surface area contributed by atoms with Gasteiger partial charge in [0.1, 0.15) is 5.82 Å². The Bertz CT molecular complexity index is 2310. The van der Waals surface area contributed by atoms with E-state index in [4.69, 9.17) is 4.98 Å². The zero-order chi connectivity index (χ0) is 31.2. The van der Waals surface area contributed by atoms with Crippen molar-refractivity contribution in [2.75, 3.05) is 4.90 Å². The summed E-state index contributed by atoms with van der Waals surface area (Å²) >= 11 is 0. The van der Waals surface area contributed by atoms with Gasteiger partial charge in [0, 0.05) is 22.5 Å². The summed E-state index contributed by atoms with van der Waals surface area (Å²) in [5.41, 5.74) is 15.7. The molecule has 2 aliphatic rings. The molecule has 0 radical (unpaired) electrons. The summed E-state index contributed by atoms with van der Waals surface area (Å²) < 4.78 is 2.35. The van der Waals surface area contributed by atoms with Gasteiger partial charge in [0.05, 0.1) is 22.1 Å². The van der Waals surface area contributed by atoms with Gasteiger partial charge in [-0.05, 0) is 107 Å². The van der Waals surface area contributed by atoms with Gasteiger partial charge >= 0.3 is 0 Å². The topological polar surface area (TPSA) is 21.1 Å². The minimum absolute atomic E-state index is 0.0824. The van der Waals surface area contributed by atoms with Gasteiger partial charge in [-0.3, -0.25) is 4.57 Å². The lowest BCUT2D eigenvalue weighted by Gasteiger charge is -2.29. The molecule has 1 aliphatic carbocycles. The Morgan fingerprint density at radius 3 is 1.91 bits per heavy atom. The zero-order valence-electron chi connectivity index (χ0n) is 26.6. The third-order valence-corrected chi connectivity index (χ3v) is 10.3. The predicted molar refractivity (Wildman–Crippen MR) is 191 cm³/mol. The van der Waals surface area contributed by atoms with Crippen molar-refractivity contribution in [2.24, 2.45) is 0 Å². The lowest BCUT2D eigenvalue weighted by atomic mass is 9.82. The summed E-state index contributed by atoms with van der Waals surface area (Å²) in [6.07, 6.45) is 0. The molecule has 3 nitrogen and oxygen atoms in total. The third-order valence-electron chi connectivity index (χ3n) is 10.3. The fourth-order valence-electron chi connectivity index (χ4n) is 7.88. The van der Waals surface area contributed by atoms with Gasteiger partial charge in [-0.1, -0.05) is 98.8 Å². The van der Waals surface area contributed by atoms with Crippen LogP contribution in [0.5, 0.6) is 0 Å². The van der Waals surface area contributed by atoms with Crippen LogP contribution >= 0.6 is 0 Å². The van der Waals surface area contributed by atoms with Gasteiger partial charge in [-0.15, -0.1) is 0 Å². The molecule has 0 amide bonds. The quantitative estimate of drug-likeness (QED) is 0.202. The third kappa shape index (κ3) is 3.75. The molecule has 0 saturated carbocycles. The van der Waals surface area contributed by atoms with Crippen molar-refractivity contribution in [1.82, 2.24) is 9.55 Å². The molecule has 0 N–H and O–H groups in total. The summed E-state index contributed by atoms with van der Waals surface area (Å²) in [6.45, 7) is 9.30. The van der Waals surface area contributed by atoms with E-state index in [0.29, 0.717) is 0 Å². The van der Waals surface area contributed by atoms with Crippen LogP contribution in [0.3, 0.4) is 0 Å². The van der Waals surface area contributed by atoms with Crippen LogP contribution in [0, 0.1) is 0 Å². The number of hydrogen-bond acceptors (Lipinski definition) is 2. The van der Waals surface area contributed by atoms with Crippen LogP contribution in [-0.2, 0) is 10.8 Å². The molecule has 2 heterocycles. The molecule has 1 aromatic heterocycles. The molecule has 0 fully saturated rings. The zero-order valence-corrected chi connectivity index (χ0v) is 26.6. The maximum atomic E-state index is 5.11.